The molecule has 2 rings (SSSR count). The van der Waals surface area contributed by atoms with E-state index < -0.39 is 5.95 Å². The van der Waals surface area contributed by atoms with Crippen molar-refractivity contribution in [3.63, 3.8) is 0 Å². The Kier molecular flexibility index (Phi) is 2.85. The topological polar surface area (TPSA) is 45.2 Å². The molecule has 2 N–H and O–H groups in total. The van der Waals surface area contributed by atoms with Crippen molar-refractivity contribution in [3.8, 4) is 0 Å². The molecule has 1 aliphatic rings. The molecule has 0 unspecified atom stereocenters. The molecule has 3 nitrogen and oxygen atoms in total. The van der Waals surface area contributed by atoms with Crippen molar-refractivity contribution in [2.45, 2.75) is 31.4 Å². The molecule has 5 heteroatoms. The number of aromatic nitrogens is 1. The van der Waals surface area contributed by atoms with Crippen LogP contribution in [0.15, 0.2) is 12.1 Å². The van der Waals surface area contributed by atoms with Crippen molar-refractivity contribution in [2.75, 3.05) is 5.32 Å². The zero-order valence-corrected chi connectivity index (χ0v) is 10.5. The molecule has 1 aliphatic carbocycles. The molecule has 0 aliphatic heterocycles. The molecule has 1 aromatic rings. The van der Waals surface area contributed by atoms with Crippen LogP contribution < -0.4 is 5.32 Å². The molecule has 1 fully saturated rings. The van der Waals surface area contributed by atoms with Gasteiger partial charge in [0.05, 0.1) is 6.10 Å². The van der Waals surface area contributed by atoms with Gasteiger partial charge in [-0.1, -0.05) is 0 Å². The van der Waals surface area contributed by atoms with E-state index in [0.717, 1.165) is 3.57 Å². The summed E-state index contributed by atoms with van der Waals surface area (Å²) >= 11 is 2.05. The van der Waals surface area contributed by atoms with Crippen LogP contribution in [-0.2, 0) is 0 Å². The fourth-order valence-electron chi connectivity index (χ4n) is 1.92. The van der Waals surface area contributed by atoms with Gasteiger partial charge in [-0.25, -0.2) is 4.98 Å². The number of halogens is 2. The Morgan fingerprint density at radius 2 is 2.27 bits per heavy atom. The molecule has 1 saturated carbocycles. The van der Waals surface area contributed by atoms with Gasteiger partial charge in [0, 0.05) is 15.2 Å². The number of aliphatic hydroxyl groups is 1. The molecule has 82 valence electrons. The Bertz CT molecular complexity index is 359. The minimum atomic E-state index is -0.479. The summed E-state index contributed by atoms with van der Waals surface area (Å²) < 4.78 is 13.8. The van der Waals surface area contributed by atoms with Crippen LogP contribution in [0.2, 0.25) is 0 Å². The maximum absolute atomic E-state index is 13.0. The third kappa shape index (κ3) is 2.57. The van der Waals surface area contributed by atoms with Crippen molar-refractivity contribution in [1.82, 2.24) is 4.98 Å². The zero-order chi connectivity index (χ0) is 11.1. The summed E-state index contributed by atoms with van der Waals surface area (Å²) in [4.78, 5) is 3.76. The second kappa shape index (κ2) is 3.86. The Balaban J connectivity index is 2.11. The number of rotatable bonds is 2. The van der Waals surface area contributed by atoms with Gasteiger partial charge in [0.25, 0.3) is 0 Å². The van der Waals surface area contributed by atoms with Crippen LogP contribution in [0.25, 0.3) is 0 Å². The largest absolute Gasteiger partial charge is 0.393 e. The molecule has 0 saturated heterocycles. The quantitative estimate of drug-likeness (QED) is 0.648. The first-order chi connectivity index (χ1) is 6.97. The first-order valence-electron chi connectivity index (χ1n) is 4.76. The number of hydrogen-bond acceptors (Lipinski definition) is 3. The second-order valence-electron chi connectivity index (χ2n) is 4.24. The van der Waals surface area contributed by atoms with Crippen LogP contribution in [0.3, 0.4) is 0 Å². The fourth-order valence-corrected chi connectivity index (χ4v) is 2.47. The van der Waals surface area contributed by atoms with Crippen molar-refractivity contribution in [1.29, 1.82) is 0 Å². The maximum atomic E-state index is 13.0. The first-order valence-corrected chi connectivity index (χ1v) is 5.84. The molecule has 0 aromatic carbocycles. The van der Waals surface area contributed by atoms with Gasteiger partial charge in [-0.3, -0.25) is 0 Å². The van der Waals surface area contributed by atoms with E-state index in [0.29, 0.717) is 18.7 Å². The average Bonchev–Trinajstić information content (AvgIpc) is 1.97. The Morgan fingerprint density at radius 3 is 2.80 bits per heavy atom. The van der Waals surface area contributed by atoms with E-state index in [2.05, 4.69) is 10.3 Å². The van der Waals surface area contributed by atoms with Gasteiger partial charge in [-0.2, -0.15) is 4.39 Å². The lowest BCUT2D eigenvalue weighted by atomic mass is 9.76. The number of hydrogen-bond donors (Lipinski definition) is 2. The highest BCUT2D eigenvalue weighted by molar-refractivity contribution is 14.1. The lowest BCUT2D eigenvalue weighted by Gasteiger charge is -2.43. The van der Waals surface area contributed by atoms with Gasteiger partial charge in [0.1, 0.15) is 5.82 Å². The molecule has 0 spiro atoms. The minimum absolute atomic E-state index is 0.150. The van der Waals surface area contributed by atoms with E-state index in [1.807, 2.05) is 29.5 Å². The van der Waals surface area contributed by atoms with E-state index in [1.54, 1.807) is 6.07 Å². The molecule has 0 radical (unpaired) electrons. The van der Waals surface area contributed by atoms with Crippen molar-refractivity contribution in [3.05, 3.63) is 21.7 Å². The highest BCUT2D eigenvalue weighted by Gasteiger charge is 2.39. The van der Waals surface area contributed by atoms with Crippen LogP contribution in [0.1, 0.15) is 19.8 Å². The van der Waals surface area contributed by atoms with E-state index in [-0.39, 0.29) is 11.6 Å². The molecule has 0 amide bonds. The van der Waals surface area contributed by atoms with Crippen molar-refractivity contribution >= 4 is 28.4 Å². The third-order valence-electron chi connectivity index (χ3n) is 2.56. The van der Waals surface area contributed by atoms with E-state index in [1.165, 1.54) is 6.07 Å². The molecular weight excluding hydrogens is 310 g/mol. The Labute approximate surface area is 101 Å². The summed E-state index contributed by atoms with van der Waals surface area (Å²) in [5.41, 5.74) is -0.150. The lowest BCUT2D eigenvalue weighted by molar-refractivity contribution is 0.0421. The molecule has 1 heterocycles. The van der Waals surface area contributed by atoms with Crippen LogP contribution >= 0.6 is 22.6 Å². The summed E-state index contributed by atoms with van der Waals surface area (Å²) in [5.74, 6) is 0.0571. The summed E-state index contributed by atoms with van der Waals surface area (Å²) in [6, 6.07) is 3.17. The van der Waals surface area contributed by atoms with Crippen LogP contribution in [-0.4, -0.2) is 21.7 Å². The number of anilines is 1. The van der Waals surface area contributed by atoms with Gasteiger partial charge in [-0.15, -0.1) is 0 Å². The molecule has 15 heavy (non-hydrogen) atoms. The van der Waals surface area contributed by atoms with Crippen LogP contribution in [0.5, 0.6) is 0 Å². The Morgan fingerprint density at radius 1 is 1.60 bits per heavy atom. The van der Waals surface area contributed by atoms with E-state index >= 15 is 0 Å². The number of nitrogens with one attached hydrogen (secondary N) is 1. The molecule has 0 atom stereocenters. The highest BCUT2D eigenvalue weighted by atomic mass is 127. The second-order valence-corrected chi connectivity index (χ2v) is 5.49. The first kappa shape index (κ1) is 11.1. The van der Waals surface area contributed by atoms with Crippen LogP contribution in [0.4, 0.5) is 10.2 Å². The van der Waals surface area contributed by atoms with Gasteiger partial charge in [0.2, 0.25) is 5.95 Å². The highest BCUT2D eigenvalue weighted by Crippen LogP contribution is 2.34. The van der Waals surface area contributed by atoms with Crippen molar-refractivity contribution < 1.29 is 9.50 Å². The predicted molar refractivity (Wildman–Crippen MR) is 64.2 cm³/mol. The maximum Gasteiger partial charge on any atom is 0.215 e. The van der Waals surface area contributed by atoms with Crippen molar-refractivity contribution in [2.24, 2.45) is 0 Å². The number of pyridine rings is 1. The molecular formula is C10H12FIN2O. The number of aliphatic hydroxyl groups excluding tert-OH is 1. The monoisotopic (exact) mass is 322 g/mol. The SMILES string of the molecule is CC1(Nc2cc(I)cc(F)n2)CC(O)C1. The molecule has 0 bridgehead atoms. The standard InChI is InChI=1S/C10H12FIN2O/c1-10(4-7(15)5-10)14-9-3-6(12)2-8(11)13-9/h2-3,7,15H,4-5H2,1H3,(H,13,14). The van der Waals surface area contributed by atoms with Gasteiger partial charge in [-0.05, 0) is 48.4 Å². The number of nitrogens with zero attached hydrogens (tertiary/aromatic N) is 1. The minimum Gasteiger partial charge on any atom is -0.393 e. The lowest BCUT2D eigenvalue weighted by Crippen LogP contribution is -2.50. The summed E-state index contributed by atoms with van der Waals surface area (Å²) in [6.07, 6.45) is 1.12. The summed E-state index contributed by atoms with van der Waals surface area (Å²) in [5, 5.41) is 12.4. The predicted octanol–water partition coefficient (Wildman–Crippen LogP) is 2.15. The van der Waals surface area contributed by atoms with Gasteiger partial charge >= 0.3 is 0 Å². The summed E-state index contributed by atoms with van der Waals surface area (Å²) in [7, 11) is 0. The normalized spacial score (nSPS) is 29.7. The van der Waals surface area contributed by atoms with Gasteiger partial charge < -0.3 is 10.4 Å². The van der Waals surface area contributed by atoms with E-state index in [4.69, 9.17) is 0 Å². The molecule has 1 aromatic heterocycles. The van der Waals surface area contributed by atoms with Crippen LogP contribution in [0, 0.1) is 9.52 Å². The van der Waals surface area contributed by atoms with Gasteiger partial charge in [0.15, 0.2) is 0 Å². The zero-order valence-electron chi connectivity index (χ0n) is 8.30. The fraction of sp³-hybridized carbons (Fsp3) is 0.500. The smallest absolute Gasteiger partial charge is 0.215 e. The van der Waals surface area contributed by atoms with E-state index in [9.17, 15) is 9.50 Å². The summed E-state index contributed by atoms with van der Waals surface area (Å²) in [6.45, 7) is 2.00. The average molecular weight is 322 g/mol. The third-order valence-corrected chi connectivity index (χ3v) is 3.18. The Hall–Kier alpha value is -0.430.